The van der Waals surface area contributed by atoms with Crippen molar-refractivity contribution in [1.82, 2.24) is 0 Å². The molecule has 3 aromatic rings. The SMILES string of the molecule is COc1cc(NC(=O)/C=C(/C)c2ccc3ccccc3c2)c(C(=O)O)cc1OC. The van der Waals surface area contributed by atoms with Crippen molar-refractivity contribution in [3.05, 3.63) is 71.8 Å². The van der Waals surface area contributed by atoms with E-state index in [0.29, 0.717) is 5.75 Å². The summed E-state index contributed by atoms with van der Waals surface area (Å²) in [4.78, 5) is 24.1. The molecular weight excluding hydrogens is 370 g/mol. The second-order valence-corrected chi connectivity index (χ2v) is 6.44. The third-order valence-corrected chi connectivity index (χ3v) is 4.56. The Kier molecular flexibility index (Phi) is 5.83. The Hall–Kier alpha value is -3.80. The smallest absolute Gasteiger partial charge is 0.337 e. The second-order valence-electron chi connectivity index (χ2n) is 6.44. The summed E-state index contributed by atoms with van der Waals surface area (Å²) < 4.78 is 10.3. The zero-order valence-corrected chi connectivity index (χ0v) is 16.4. The largest absolute Gasteiger partial charge is 0.493 e. The minimum absolute atomic E-state index is 0.0900. The lowest BCUT2D eigenvalue weighted by Crippen LogP contribution is -2.13. The van der Waals surface area contributed by atoms with Crippen molar-refractivity contribution in [3.63, 3.8) is 0 Å². The normalized spacial score (nSPS) is 11.2. The number of methoxy groups -OCH3 is 2. The van der Waals surface area contributed by atoms with Gasteiger partial charge in [0, 0.05) is 18.2 Å². The summed E-state index contributed by atoms with van der Waals surface area (Å²) in [6, 6.07) is 16.7. The van der Waals surface area contributed by atoms with E-state index >= 15 is 0 Å². The monoisotopic (exact) mass is 391 g/mol. The third-order valence-electron chi connectivity index (χ3n) is 4.56. The second kappa shape index (κ2) is 8.48. The zero-order chi connectivity index (χ0) is 21.0. The van der Waals surface area contributed by atoms with Crippen molar-refractivity contribution in [1.29, 1.82) is 0 Å². The fourth-order valence-corrected chi connectivity index (χ4v) is 3.04. The number of nitrogens with one attached hydrogen (secondary N) is 1. The molecule has 0 saturated carbocycles. The lowest BCUT2D eigenvalue weighted by atomic mass is 10.0. The number of hydrogen-bond acceptors (Lipinski definition) is 4. The molecule has 6 heteroatoms. The van der Waals surface area contributed by atoms with Crippen LogP contribution < -0.4 is 14.8 Å². The highest BCUT2D eigenvalue weighted by atomic mass is 16.5. The van der Waals surface area contributed by atoms with Gasteiger partial charge in [-0.2, -0.15) is 0 Å². The van der Waals surface area contributed by atoms with Gasteiger partial charge in [0.05, 0.1) is 25.5 Å². The van der Waals surface area contributed by atoms with E-state index < -0.39 is 11.9 Å². The molecule has 0 bridgehead atoms. The fraction of sp³-hybridized carbons (Fsp3) is 0.130. The molecule has 0 radical (unpaired) electrons. The van der Waals surface area contributed by atoms with Gasteiger partial charge in [0.2, 0.25) is 5.91 Å². The molecule has 3 rings (SSSR count). The predicted octanol–water partition coefficient (Wildman–Crippen LogP) is 4.60. The lowest BCUT2D eigenvalue weighted by Gasteiger charge is -2.13. The summed E-state index contributed by atoms with van der Waals surface area (Å²) in [5.41, 5.74) is 1.70. The molecule has 6 nitrogen and oxygen atoms in total. The van der Waals surface area contributed by atoms with Gasteiger partial charge in [-0.3, -0.25) is 4.79 Å². The first-order valence-corrected chi connectivity index (χ1v) is 8.90. The quantitative estimate of drug-likeness (QED) is 0.600. The average Bonchev–Trinajstić information content (AvgIpc) is 2.72. The van der Waals surface area contributed by atoms with Crippen LogP contribution in [-0.2, 0) is 4.79 Å². The summed E-state index contributed by atoms with van der Waals surface area (Å²) in [7, 11) is 2.85. The zero-order valence-electron chi connectivity index (χ0n) is 16.4. The molecule has 0 aliphatic heterocycles. The van der Waals surface area contributed by atoms with E-state index in [4.69, 9.17) is 9.47 Å². The number of aromatic carboxylic acids is 1. The van der Waals surface area contributed by atoms with Crippen LogP contribution in [0.3, 0.4) is 0 Å². The number of benzene rings is 3. The Morgan fingerprint density at radius 3 is 2.24 bits per heavy atom. The molecule has 0 aliphatic rings. The maximum atomic E-state index is 12.5. The number of rotatable bonds is 6. The van der Waals surface area contributed by atoms with Crippen LogP contribution in [0.4, 0.5) is 5.69 Å². The number of allylic oxidation sites excluding steroid dienone is 1. The topological polar surface area (TPSA) is 84.9 Å². The Morgan fingerprint density at radius 2 is 1.59 bits per heavy atom. The van der Waals surface area contributed by atoms with E-state index in [1.807, 2.05) is 49.4 Å². The Bertz CT molecular complexity index is 1120. The van der Waals surface area contributed by atoms with Gasteiger partial charge < -0.3 is 19.9 Å². The molecule has 0 atom stereocenters. The molecule has 0 spiro atoms. The van der Waals surface area contributed by atoms with Crippen molar-refractivity contribution in [2.24, 2.45) is 0 Å². The van der Waals surface area contributed by atoms with Gasteiger partial charge in [-0.25, -0.2) is 4.79 Å². The molecule has 0 fully saturated rings. The minimum Gasteiger partial charge on any atom is -0.493 e. The number of carbonyl (C=O) groups excluding carboxylic acids is 1. The number of ether oxygens (including phenoxy) is 2. The highest BCUT2D eigenvalue weighted by Gasteiger charge is 2.17. The van der Waals surface area contributed by atoms with Gasteiger partial charge in [-0.15, -0.1) is 0 Å². The standard InChI is InChI=1S/C23H21NO5/c1-14(16-9-8-15-6-4-5-7-17(15)11-16)10-22(25)24-19-13-21(29-3)20(28-2)12-18(19)23(26)27/h4-13H,1-3H3,(H,24,25)(H,26,27)/b14-10-. The fourth-order valence-electron chi connectivity index (χ4n) is 3.04. The lowest BCUT2D eigenvalue weighted by molar-refractivity contribution is -0.111. The van der Waals surface area contributed by atoms with Crippen LogP contribution in [0.25, 0.3) is 16.3 Å². The minimum atomic E-state index is -1.18. The average molecular weight is 391 g/mol. The number of anilines is 1. The maximum Gasteiger partial charge on any atom is 0.337 e. The van der Waals surface area contributed by atoms with Crippen molar-refractivity contribution in [2.75, 3.05) is 19.5 Å². The van der Waals surface area contributed by atoms with E-state index in [0.717, 1.165) is 21.9 Å². The number of carboxylic acid groups (broad SMARTS) is 1. The van der Waals surface area contributed by atoms with Crippen LogP contribution in [0, 0.1) is 0 Å². The van der Waals surface area contributed by atoms with E-state index in [1.54, 1.807) is 0 Å². The Balaban J connectivity index is 1.89. The highest BCUT2D eigenvalue weighted by Crippen LogP contribution is 2.33. The van der Waals surface area contributed by atoms with Gasteiger partial charge in [-0.1, -0.05) is 36.4 Å². The summed E-state index contributed by atoms with van der Waals surface area (Å²) in [5.74, 6) is -1.03. The summed E-state index contributed by atoms with van der Waals surface area (Å²) in [5, 5.41) is 14.3. The van der Waals surface area contributed by atoms with E-state index in [1.165, 1.54) is 32.4 Å². The predicted molar refractivity (Wildman–Crippen MR) is 113 cm³/mol. The molecule has 0 aliphatic carbocycles. The molecule has 0 heterocycles. The number of carbonyl (C=O) groups is 2. The van der Waals surface area contributed by atoms with Gasteiger partial charge >= 0.3 is 5.97 Å². The first kappa shape index (κ1) is 19.9. The van der Waals surface area contributed by atoms with Crippen LogP contribution in [0.2, 0.25) is 0 Å². The van der Waals surface area contributed by atoms with Crippen molar-refractivity contribution >= 4 is 33.9 Å². The third kappa shape index (κ3) is 4.38. The van der Waals surface area contributed by atoms with Crippen LogP contribution in [0.1, 0.15) is 22.8 Å². The molecule has 0 saturated heterocycles. The summed E-state index contributed by atoms with van der Waals surface area (Å²) in [6.45, 7) is 1.83. The first-order valence-electron chi connectivity index (χ1n) is 8.90. The van der Waals surface area contributed by atoms with Crippen LogP contribution in [-0.4, -0.2) is 31.2 Å². The molecule has 29 heavy (non-hydrogen) atoms. The number of hydrogen-bond donors (Lipinski definition) is 2. The first-order chi connectivity index (χ1) is 13.9. The van der Waals surface area contributed by atoms with E-state index in [9.17, 15) is 14.7 Å². The Morgan fingerprint density at radius 1 is 0.931 bits per heavy atom. The van der Waals surface area contributed by atoms with E-state index in [-0.39, 0.29) is 17.0 Å². The number of carboxylic acids is 1. The molecular formula is C23H21NO5. The molecule has 1 amide bonds. The number of fused-ring (bicyclic) bond motifs is 1. The molecule has 0 unspecified atom stereocenters. The molecule has 2 N–H and O–H groups in total. The van der Waals surface area contributed by atoms with Gasteiger partial charge in [0.15, 0.2) is 11.5 Å². The van der Waals surface area contributed by atoms with Gasteiger partial charge in [-0.05, 0) is 34.9 Å². The van der Waals surface area contributed by atoms with Gasteiger partial charge in [0.1, 0.15) is 0 Å². The highest BCUT2D eigenvalue weighted by molar-refractivity contribution is 6.08. The van der Waals surface area contributed by atoms with Crippen molar-refractivity contribution in [2.45, 2.75) is 6.92 Å². The van der Waals surface area contributed by atoms with Crippen LogP contribution >= 0.6 is 0 Å². The Labute approximate surface area is 168 Å². The molecule has 0 aromatic heterocycles. The number of amides is 1. The van der Waals surface area contributed by atoms with E-state index in [2.05, 4.69) is 5.32 Å². The summed E-state index contributed by atoms with van der Waals surface area (Å²) >= 11 is 0. The summed E-state index contributed by atoms with van der Waals surface area (Å²) in [6.07, 6.45) is 1.44. The molecule has 3 aromatic carbocycles. The van der Waals surface area contributed by atoms with Gasteiger partial charge in [0.25, 0.3) is 0 Å². The van der Waals surface area contributed by atoms with Crippen LogP contribution in [0.5, 0.6) is 11.5 Å². The van der Waals surface area contributed by atoms with Crippen molar-refractivity contribution in [3.8, 4) is 11.5 Å². The molecule has 148 valence electrons. The maximum absolute atomic E-state index is 12.5. The van der Waals surface area contributed by atoms with Crippen LogP contribution in [0.15, 0.2) is 60.7 Å². The van der Waals surface area contributed by atoms with Crippen molar-refractivity contribution < 1.29 is 24.2 Å².